The van der Waals surface area contributed by atoms with E-state index in [0.29, 0.717) is 24.4 Å². The van der Waals surface area contributed by atoms with E-state index in [1.165, 1.54) is 13.2 Å². The number of aromatic nitrogens is 1. The molecule has 0 spiro atoms. The molecule has 0 aliphatic rings. The smallest absolute Gasteiger partial charge is 0.131 e. The van der Waals surface area contributed by atoms with Gasteiger partial charge >= 0.3 is 0 Å². The van der Waals surface area contributed by atoms with Gasteiger partial charge in [0, 0.05) is 35.3 Å². The first-order valence-corrected chi connectivity index (χ1v) is 6.82. The second-order valence-corrected chi connectivity index (χ2v) is 4.96. The van der Waals surface area contributed by atoms with Crippen molar-refractivity contribution in [2.75, 3.05) is 7.11 Å². The first kappa shape index (κ1) is 13.6. The molecule has 0 atom stereocenters. The standard InChI is InChI=1S/C17H17FN2O/c1-21-14-7-6-12(16(18)8-14)10-20-11-13(9-19)15-4-2-3-5-17(15)20/h2-8,11H,9-10,19H2,1H3. The number of methoxy groups -OCH3 is 1. The van der Waals surface area contributed by atoms with Crippen molar-refractivity contribution in [2.24, 2.45) is 5.73 Å². The lowest BCUT2D eigenvalue weighted by molar-refractivity contribution is 0.410. The zero-order chi connectivity index (χ0) is 14.8. The van der Waals surface area contributed by atoms with Crippen molar-refractivity contribution in [1.82, 2.24) is 4.57 Å². The molecule has 0 aliphatic carbocycles. The number of hydrogen-bond acceptors (Lipinski definition) is 2. The van der Waals surface area contributed by atoms with Crippen molar-refractivity contribution in [3.8, 4) is 5.75 Å². The molecule has 4 heteroatoms. The molecule has 0 radical (unpaired) electrons. The largest absolute Gasteiger partial charge is 0.497 e. The van der Waals surface area contributed by atoms with Gasteiger partial charge < -0.3 is 15.0 Å². The summed E-state index contributed by atoms with van der Waals surface area (Å²) in [6.45, 7) is 0.939. The fourth-order valence-electron chi connectivity index (χ4n) is 2.58. The van der Waals surface area contributed by atoms with E-state index in [1.54, 1.807) is 12.1 Å². The molecule has 0 unspecified atom stereocenters. The third kappa shape index (κ3) is 2.50. The Morgan fingerprint density at radius 3 is 2.67 bits per heavy atom. The third-order valence-electron chi connectivity index (χ3n) is 3.69. The number of ether oxygens (including phenoxy) is 1. The molecule has 3 nitrogen and oxygen atoms in total. The van der Waals surface area contributed by atoms with Gasteiger partial charge in [0.15, 0.2) is 0 Å². The van der Waals surface area contributed by atoms with E-state index < -0.39 is 0 Å². The Morgan fingerprint density at radius 2 is 1.95 bits per heavy atom. The molecule has 0 aliphatic heterocycles. The molecule has 1 heterocycles. The maximum atomic E-state index is 14.1. The number of nitrogens with two attached hydrogens (primary N) is 1. The zero-order valence-electron chi connectivity index (χ0n) is 11.8. The number of fused-ring (bicyclic) bond motifs is 1. The summed E-state index contributed by atoms with van der Waals surface area (Å²) < 4.78 is 21.2. The van der Waals surface area contributed by atoms with E-state index in [0.717, 1.165) is 16.5 Å². The van der Waals surface area contributed by atoms with Gasteiger partial charge in [0.25, 0.3) is 0 Å². The van der Waals surface area contributed by atoms with Gasteiger partial charge in [-0.15, -0.1) is 0 Å². The Labute approximate surface area is 122 Å². The summed E-state index contributed by atoms with van der Waals surface area (Å²) in [5.74, 6) is 0.262. The number of para-hydroxylation sites is 1. The summed E-state index contributed by atoms with van der Waals surface area (Å²) >= 11 is 0. The highest BCUT2D eigenvalue weighted by molar-refractivity contribution is 5.84. The van der Waals surface area contributed by atoms with Crippen LogP contribution in [-0.2, 0) is 13.1 Å². The normalized spacial score (nSPS) is 11.0. The van der Waals surface area contributed by atoms with Gasteiger partial charge in [-0.25, -0.2) is 4.39 Å². The fraction of sp³-hybridized carbons (Fsp3) is 0.176. The van der Waals surface area contributed by atoms with Gasteiger partial charge in [0.05, 0.1) is 13.7 Å². The van der Waals surface area contributed by atoms with Gasteiger partial charge in [-0.2, -0.15) is 0 Å². The summed E-state index contributed by atoms with van der Waals surface area (Å²) in [4.78, 5) is 0. The van der Waals surface area contributed by atoms with Crippen LogP contribution in [0.15, 0.2) is 48.7 Å². The number of nitrogens with zero attached hydrogens (tertiary/aromatic N) is 1. The molecule has 2 aromatic carbocycles. The Balaban J connectivity index is 2.02. The average Bonchev–Trinajstić information content (AvgIpc) is 2.87. The van der Waals surface area contributed by atoms with Crippen LogP contribution in [0.4, 0.5) is 4.39 Å². The van der Waals surface area contributed by atoms with Crippen molar-refractivity contribution in [3.05, 3.63) is 65.6 Å². The molecule has 3 aromatic rings. The molecule has 21 heavy (non-hydrogen) atoms. The Bertz CT molecular complexity index is 780. The molecule has 0 bridgehead atoms. The molecule has 0 fully saturated rings. The summed E-state index contributed by atoms with van der Waals surface area (Å²) in [5, 5.41) is 1.12. The lowest BCUT2D eigenvalue weighted by Crippen LogP contribution is -2.01. The molecule has 3 rings (SSSR count). The van der Waals surface area contributed by atoms with Crippen LogP contribution in [0.5, 0.6) is 5.75 Å². The quantitative estimate of drug-likeness (QED) is 0.798. The second-order valence-electron chi connectivity index (χ2n) is 4.96. The highest BCUT2D eigenvalue weighted by atomic mass is 19.1. The lowest BCUT2D eigenvalue weighted by Gasteiger charge is -2.08. The molecule has 0 amide bonds. The van der Waals surface area contributed by atoms with Crippen LogP contribution in [0.2, 0.25) is 0 Å². The molecule has 1 aromatic heterocycles. The molecule has 0 saturated heterocycles. The minimum atomic E-state index is -0.263. The van der Waals surface area contributed by atoms with Crippen molar-refractivity contribution in [2.45, 2.75) is 13.1 Å². The van der Waals surface area contributed by atoms with E-state index in [9.17, 15) is 4.39 Å². The van der Waals surface area contributed by atoms with Gasteiger partial charge in [-0.3, -0.25) is 0 Å². The predicted octanol–water partition coefficient (Wildman–Crippen LogP) is 3.30. The van der Waals surface area contributed by atoms with E-state index in [1.807, 2.05) is 35.0 Å². The SMILES string of the molecule is COc1ccc(Cn2cc(CN)c3ccccc32)c(F)c1. The molecular weight excluding hydrogens is 267 g/mol. The van der Waals surface area contributed by atoms with Gasteiger partial charge in [-0.05, 0) is 17.7 Å². The molecule has 0 saturated carbocycles. The fourth-order valence-corrected chi connectivity index (χ4v) is 2.58. The minimum absolute atomic E-state index is 0.263. The van der Waals surface area contributed by atoms with Crippen LogP contribution >= 0.6 is 0 Å². The summed E-state index contributed by atoms with van der Waals surface area (Å²) in [6.07, 6.45) is 1.99. The minimum Gasteiger partial charge on any atom is -0.497 e. The molecular formula is C17H17FN2O. The third-order valence-corrected chi connectivity index (χ3v) is 3.69. The summed E-state index contributed by atoms with van der Waals surface area (Å²) in [7, 11) is 1.53. The average molecular weight is 284 g/mol. The zero-order valence-corrected chi connectivity index (χ0v) is 11.8. The highest BCUT2D eigenvalue weighted by Gasteiger charge is 2.10. The monoisotopic (exact) mass is 284 g/mol. The number of benzene rings is 2. The van der Waals surface area contributed by atoms with E-state index in [2.05, 4.69) is 0 Å². The maximum Gasteiger partial charge on any atom is 0.131 e. The van der Waals surface area contributed by atoms with Gasteiger partial charge in [-0.1, -0.05) is 24.3 Å². The number of rotatable bonds is 4. The van der Waals surface area contributed by atoms with Gasteiger partial charge in [0.1, 0.15) is 11.6 Å². The van der Waals surface area contributed by atoms with E-state index >= 15 is 0 Å². The number of halogens is 1. The van der Waals surface area contributed by atoms with Crippen LogP contribution in [0.25, 0.3) is 10.9 Å². The maximum absolute atomic E-state index is 14.1. The summed E-state index contributed by atoms with van der Waals surface area (Å²) in [5.41, 5.74) is 8.54. The van der Waals surface area contributed by atoms with E-state index in [-0.39, 0.29) is 5.82 Å². The lowest BCUT2D eigenvalue weighted by atomic mass is 10.2. The predicted molar refractivity (Wildman–Crippen MR) is 81.9 cm³/mol. The molecule has 2 N–H and O–H groups in total. The van der Waals surface area contributed by atoms with Crippen LogP contribution in [0, 0.1) is 5.82 Å². The topological polar surface area (TPSA) is 40.2 Å². The van der Waals surface area contributed by atoms with E-state index in [4.69, 9.17) is 10.5 Å². The Hall–Kier alpha value is -2.33. The van der Waals surface area contributed by atoms with Crippen LogP contribution in [0.1, 0.15) is 11.1 Å². The highest BCUT2D eigenvalue weighted by Crippen LogP contribution is 2.23. The van der Waals surface area contributed by atoms with Gasteiger partial charge in [0.2, 0.25) is 0 Å². The number of hydrogen-bond donors (Lipinski definition) is 1. The first-order valence-electron chi connectivity index (χ1n) is 6.82. The molecule has 108 valence electrons. The van der Waals surface area contributed by atoms with Crippen LogP contribution in [0.3, 0.4) is 0 Å². The van der Waals surface area contributed by atoms with Crippen LogP contribution < -0.4 is 10.5 Å². The van der Waals surface area contributed by atoms with Crippen LogP contribution in [-0.4, -0.2) is 11.7 Å². The second kappa shape index (κ2) is 5.58. The Kier molecular flexibility index (Phi) is 3.62. The summed E-state index contributed by atoms with van der Waals surface area (Å²) in [6, 6.07) is 13.0. The van der Waals surface area contributed by atoms with Crippen molar-refractivity contribution < 1.29 is 9.13 Å². The first-order chi connectivity index (χ1) is 10.2. The van der Waals surface area contributed by atoms with Crippen molar-refractivity contribution >= 4 is 10.9 Å². The van der Waals surface area contributed by atoms with Crippen molar-refractivity contribution in [1.29, 1.82) is 0 Å². The van der Waals surface area contributed by atoms with Crippen molar-refractivity contribution in [3.63, 3.8) is 0 Å². The Morgan fingerprint density at radius 1 is 1.14 bits per heavy atom.